The minimum absolute atomic E-state index is 0.0102. The quantitative estimate of drug-likeness (QED) is 0.654. The monoisotopic (exact) mass is 354 g/mol. The van der Waals surface area contributed by atoms with Crippen LogP contribution in [0.3, 0.4) is 0 Å². The normalized spacial score (nSPS) is 15.6. The Bertz CT molecular complexity index is 885. The number of hydrogen-bond acceptors (Lipinski definition) is 4. The highest BCUT2D eigenvalue weighted by Gasteiger charge is 2.32. The molecule has 0 unspecified atom stereocenters. The standard InChI is InChI=1S/C19H18N2O3S/c1-11-6-12(2)8-14(7-11)21-18(23)15(20-19(21)25)9-13-4-5-17(24-3)16(22)10-13/h4-10,22H,1-3H3,(H,20,25)/b15-9-. The highest BCUT2D eigenvalue weighted by atomic mass is 32.1. The first kappa shape index (κ1) is 17.0. The SMILES string of the molecule is COc1ccc(/C=C2\NC(=S)N(c3cc(C)cc(C)c3)C2=O)cc1O. The molecule has 3 rings (SSSR count). The van der Waals surface area contributed by atoms with Gasteiger partial charge in [0.1, 0.15) is 5.70 Å². The van der Waals surface area contributed by atoms with E-state index < -0.39 is 0 Å². The molecule has 1 saturated heterocycles. The molecule has 1 aliphatic rings. The average molecular weight is 354 g/mol. The third kappa shape index (κ3) is 3.34. The Morgan fingerprint density at radius 3 is 2.44 bits per heavy atom. The lowest BCUT2D eigenvalue weighted by molar-refractivity contribution is -0.113. The van der Waals surface area contributed by atoms with E-state index >= 15 is 0 Å². The number of anilines is 1. The fraction of sp³-hybridized carbons (Fsp3) is 0.158. The maximum atomic E-state index is 12.8. The van der Waals surface area contributed by atoms with E-state index in [1.807, 2.05) is 32.0 Å². The van der Waals surface area contributed by atoms with Gasteiger partial charge < -0.3 is 15.2 Å². The maximum Gasteiger partial charge on any atom is 0.281 e. The number of nitrogens with one attached hydrogen (secondary N) is 1. The van der Waals surface area contributed by atoms with Gasteiger partial charge in [-0.3, -0.25) is 9.69 Å². The van der Waals surface area contributed by atoms with Gasteiger partial charge in [0.05, 0.1) is 12.8 Å². The summed E-state index contributed by atoms with van der Waals surface area (Å²) in [7, 11) is 1.48. The van der Waals surface area contributed by atoms with Gasteiger partial charge in [-0.15, -0.1) is 0 Å². The van der Waals surface area contributed by atoms with Crippen LogP contribution in [0.15, 0.2) is 42.1 Å². The molecule has 2 aromatic rings. The Morgan fingerprint density at radius 1 is 1.16 bits per heavy atom. The minimum atomic E-state index is -0.231. The number of carbonyl (C=O) groups excluding carboxylic acids is 1. The molecule has 25 heavy (non-hydrogen) atoms. The summed E-state index contributed by atoms with van der Waals surface area (Å²) in [6, 6.07) is 10.8. The number of phenolic OH excluding ortho intramolecular Hbond substituents is 1. The van der Waals surface area contributed by atoms with E-state index in [1.54, 1.807) is 18.2 Å². The summed E-state index contributed by atoms with van der Waals surface area (Å²) in [6.45, 7) is 3.95. The number of thiocarbonyl (C=S) groups is 1. The maximum absolute atomic E-state index is 12.8. The molecule has 1 heterocycles. The third-order valence-corrected chi connectivity index (χ3v) is 4.14. The summed E-state index contributed by atoms with van der Waals surface area (Å²) in [4.78, 5) is 14.2. The van der Waals surface area contributed by atoms with Crippen molar-refractivity contribution in [2.24, 2.45) is 0 Å². The van der Waals surface area contributed by atoms with Gasteiger partial charge in [-0.2, -0.15) is 0 Å². The third-order valence-electron chi connectivity index (χ3n) is 3.86. The van der Waals surface area contributed by atoms with Crippen LogP contribution in [-0.4, -0.2) is 23.2 Å². The van der Waals surface area contributed by atoms with Crippen LogP contribution in [0.4, 0.5) is 5.69 Å². The van der Waals surface area contributed by atoms with Crippen molar-refractivity contribution in [3.63, 3.8) is 0 Å². The molecule has 0 aliphatic carbocycles. The zero-order chi connectivity index (χ0) is 18.1. The second kappa shape index (κ2) is 6.57. The van der Waals surface area contributed by atoms with E-state index in [4.69, 9.17) is 17.0 Å². The number of aryl methyl sites for hydroxylation is 2. The molecule has 6 heteroatoms. The van der Waals surface area contributed by atoms with E-state index in [-0.39, 0.29) is 11.7 Å². The number of amides is 1. The lowest BCUT2D eigenvalue weighted by atomic mass is 10.1. The van der Waals surface area contributed by atoms with E-state index in [2.05, 4.69) is 5.32 Å². The number of carbonyl (C=O) groups is 1. The Labute approximate surface area is 151 Å². The number of nitrogens with zero attached hydrogens (tertiary/aromatic N) is 1. The van der Waals surface area contributed by atoms with E-state index in [9.17, 15) is 9.90 Å². The molecule has 0 spiro atoms. The molecule has 128 valence electrons. The van der Waals surface area contributed by atoms with Gasteiger partial charge in [0.25, 0.3) is 5.91 Å². The predicted molar refractivity (Wildman–Crippen MR) is 102 cm³/mol. The van der Waals surface area contributed by atoms with E-state index in [0.717, 1.165) is 16.8 Å². The molecular weight excluding hydrogens is 336 g/mol. The zero-order valence-electron chi connectivity index (χ0n) is 14.2. The van der Waals surface area contributed by atoms with Crippen molar-refractivity contribution in [3.05, 3.63) is 58.8 Å². The van der Waals surface area contributed by atoms with Gasteiger partial charge in [-0.05, 0) is 73.1 Å². The van der Waals surface area contributed by atoms with Gasteiger partial charge in [-0.1, -0.05) is 12.1 Å². The lowest BCUT2D eigenvalue weighted by Crippen LogP contribution is -2.30. The summed E-state index contributed by atoms with van der Waals surface area (Å²) < 4.78 is 5.02. The van der Waals surface area contributed by atoms with Gasteiger partial charge in [0, 0.05) is 0 Å². The number of phenols is 1. The Balaban J connectivity index is 1.94. The molecule has 2 aromatic carbocycles. The molecule has 1 amide bonds. The predicted octanol–water partition coefficient (Wildman–Crippen LogP) is 3.28. The second-order valence-electron chi connectivity index (χ2n) is 5.91. The van der Waals surface area contributed by atoms with Crippen molar-refractivity contribution in [1.29, 1.82) is 0 Å². The highest BCUT2D eigenvalue weighted by molar-refractivity contribution is 7.80. The summed E-state index contributed by atoms with van der Waals surface area (Å²) >= 11 is 5.33. The Morgan fingerprint density at radius 2 is 1.84 bits per heavy atom. The van der Waals surface area contributed by atoms with E-state index in [1.165, 1.54) is 18.1 Å². The van der Waals surface area contributed by atoms with Crippen LogP contribution in [0.5, 0.6) is 11.5 Å². The van der Waals surface area contributed by atoms with Crippen molar-refractivity contribution in [2.75, 3.05) is 12.0 Å². The average Bonchev–Trinajstić information content (AvgIpc) is 2.80. The number of rotatable bonds is 3. The molecular formula is C19H18N2O3S. The molecule has 0 saturated carbocycles. The van der Waals surface area contributed by atoms with Crippen molar-refractivity contribution >= 4 is 35.0 Å². The minimum Gasteiger partial charge on any atom is -0.504 e. The smallest absolute Gasteiger partial charge is 0.281 e. The fourth-order valence-electron chi connectivity index (χ4n) is 2.81. The first-order valence-corrected chi connectivity index (χ1v) is 8.12. The first-order valence-electron chi connectivity index (χ1n) is 7.71. The largest absolute Gasteiger partial charge is 0.504 e. The summed E-state index contributed by atoms with van der Waals surface area (Å²) in [5.41, 5.74) is 3.88. The summed E-state index contributed by atoms with van der Waals surface area (Å²) in [5, 5.41) is 13.2. The van der Waals surface area contributed by atoms with Gasteiger partial charge in [-0.25, -0.2) is 0 Å². The topological polar surface area (TPSA) is 61.8 Å². The molecule has 5 nitrogen and oxygen atoms in total. The van der Waals surface area contributed by atoms with Crippen LogP contribution in [0.25, 0.3) is 6.08 Å². The molecule has 0 aromatic heterocycles. The first-order chi connectivity index (χ1) is 11.9. The molecule has 0 radical (unpaired) electrons. The van der Waals surface area contributed by atoms with Crippen LogP contribution < -0.4 is 15.0 Å². The molecule has 1 aliphatic heterocycles. The van der Waals surface area contributed by atoms with Crippen molar-refractivity contribution in [2.45, 2.75) is 13.8 Å². The van der Waals surface area contributed by atoms with Gasteiger partial charge >= 0.3 is 0 Å². The second-order valence-corrected chi connectivity index (χ2v) is 6.29. The van der Waals surface area contributed by atoms with Gasteiger partial charge in [0.2, 0.25) is 0 Å². The van der Waals surface area contributed by atoms with Crippen LogP contribution in [-0.2, 0) is 4.79 Å². The highest BCUT2D eigenvalue weighted by Crippen LogP contribution is 2.29. The van der Waals surface area contributed by atoms with Crippen molar-refractivity contribution in [3.8, 4) is 11.5 Å². The molecule has 0 atom stereocenters. The molecule has 1 fully saturated rings. The number of methoxy groups -OCH3 is 1. The summed E-state index contributed by atoms with van der Waals surface area (Å²) in [6.07, 6.45) is 1.65. The molecule has 0 bridgehead atoms. The number of hydrogen-bond donors (Lipinski definition) is 2. The Hall–Kier alpha value is -2.86. The van der Waals surface area contributed by atoms with Gasteiger partial charge in [0.15, 0.2) is 16.6 Å². The van der Waals surface area contributed by atoms with Crippen LogP contribution in [0.2, 0.25) is 0 Å². The van der Waals surface area contributed by atoms with Crippen LogP contribution >= 0.6 is 12.2 Å². The number of benzene rings is 2. The zero-order valence-corrected chi connectivity index (χ0v) is 15.0. The number of ether oxygens (including phenoxy) is 1. The van der Waals surface area contributed by atoms with E-state index in [0.29, 0.717) is 22.1 Å². The Kier molecular flexibility index (Phi) is 4.46. The summed E-state index contributed by atoms with van der Waals surface area (Å²) in [5.74, 6) is 0.154. The van der Waals surface area contributed by atoms with Crippen molar-refractivity contribution < 1.29 is 14.6 Å². The number of aromatic hydroxyl groups is 1. The molecule has 2 N–H and O–H groups in total. The van der Waals surface area contributed by atoms with Crippen LogP contribution in [0.1, 0.15) is 16.7 Å². The van der Waals surface area contributed by atoms with Crippen molar-refractivity contribution in [1.82, 2.24) is 5.32 Å². The lowest BCUT2D eigenvalue weighted by Gasteiger charge is -2.15. The van der Waals surface area contributed by atoms with Crippen LogP contribution in [0, 0.1) is 13.8 Å². The fourth-order valence-corrected chi connectivity index (χ4v) is 3.11.